The zero-order chi connectivity index (χ0) is 13.8. The highest BCUT2D eigenvalue weighted by Crippen LogP contribution is 2.29. The molecule has 1 heterocycles. The molecule has 3 rings (SSSR count). The standard InChI is InChI=1S/C16H19N3O/c20-16(9-12-19-11-4-10-17-19)18-15-8-3-6-13-5-1-2-7-14(13)15/h1-2,4-5,7,10-11,15H,3,6,8-9,12H2,(H,18,20). The molecule has 2 aromatic rings. The molecule has 0 saturated carbocycles. The lowest BCUT2D eigenvalue weighted by molar-refractivity contribution is -0.122. The minimum absolute atomic E-state index is 0.0993. The van der Waals surface area contributed by atoms with Crippen LogP contribution in [0, 0.1) is 0 Å². The number of benzene rings is 1. The van der Waals surface area contributed by atoms with E-state index in [1.54, 1.807) is 10.9 Å². The molecule has 1 aliphatic rings. The number of nitrogens with one attached hydrogen (secondary N) is 1. The number of amides is 1. The van der Waals surface area contributed by atoms with E-state index in [-0.39, 0.29) is 11.9 Å². The molecule has 1 aromatic carbocycles. The number of hydrogen-bond acceptors (Lipinski definition) is 2. The summed E-state index contributed by atoms with van der Waals surface area (Å²) in [6.07, 6.45) is 7.38. The van der Waals surface area contributed by atoms with Gasteiger partial charge in [0.1, 0.15) is 0 Å². The highest BCUT2D eigenvalue weighted by atomic mass is 16.1. The third-order valence-corrected chi connectivity index (χ3v) is 3.83. The van der Waals surface area contributed by atoms with Gasteiger partial charge in [-0.3, -0.25) is 9.48 Å². The van der Waals surface area contributed by atoms with E-state index in [9.17, 15) is 4.79 Å². The van der Waals surface area contributed by atoms with Crippen molar-refractivity contribution in [1.29, 1.82) is 0 Å². The molecular weight excluding hydrogens is 250 g/mol. The quantitative estimate of drug-likeness (QED) is 0.927. The van der Waals surface area contributed by atoms with E-state index in [2.05, 4.69) is 28.6 Å². The van der Waals surface area contributed by atoms with Crippen molar-refractivity contribution >= 4 is 5.91 Å². The molecule has 1 atom stereocenters. The first kappa shape index (κ1) is 12.9. The second-order valence-corrected chi connectivity index (χ2v) is 5.23. The number of rotatable bonds is 4. The summed E-state index contributed by atoms with van der Waals surface area (Å²) in [6.45, 7) is 0.632. The lowest BCUT2D eigenvalue weighted by Crippen LogP contribution is -2.31. The Hall–Kier alpha value is -2.10. The van der Waals surface area contributed by atoms with Crippen LogP contribution in [0.25, 0.3) is 0 Å². The van der Waals surface area contributed by atoms with Crippen molar-refractivity contribution in [2.24, 2.45) is 0 Å². The summed E-state index contributed by atoms with van der Waals surface area (Å²) in [5, 5.41) is 7.27. The molecule has 0 saturated heterocycles. The Balaban J connectivity index is 1.59. The van der Waals surface area contributed by atoms with Gasteiger partial charge in [0.05, 0.1) is 6.04 Å². The van der Waals surface area contributed by atoms with Crippen molar-refractivity contribution in [2.45, 2.75) is 38.3 Å². The molecule has 1 aliphatic carbocycles. The van der Waals surface area contributed by atoms with Gasteiger partial charge in [-0.25, -0.2) is 0 Å². The zero-order valence-corrected chi connectivity index (χ0v) is 11.5. The van der Waals surface area contributed by atoms with Crippen LogP contribution < -0.4 is 5.32 Å². The van der Waals surface area contributed by atoms with Crippen LogP contribution in [-0.4, -0.2) is 15.7 Å². The van der Waals surface area contributed by atoms with E-state index in [0.29, 0.717) is 13.0 Å². The van der Waals surface area contributed by atoms with E-state index in [0.717, 1.165) is 19.3 Å². The topological polar surface area (TPSA) is 46.9 Å². The molecule has 0 bridgehead atoms. The second kappa shape index (κ2) is 5.90. The Morgan fingerprint density at radius 3 is 3.10 bits per heavy atom. The number of nitrogens with zero attached hydrogens (tertiary/aromatic N) is 2. The van der Waals surface area contributed by atoms with Crippen LogP contribution in [0.1, 0.15) is 36.4 Å². The van der Waals surface area contributed by atoms with Crippen molar-refractivity contribution in [2.75, 3.05) is 0 Å². The van der Waals surface area contributed by atoms with Gasteiger partial charge in [0, 0.05) is 25.4 Å². The summed E-state index contributed by atoms with van der Waals surface area (Å²) in [5.41, 5.74) is 2.65. The van der Waals surface area contributed by atoms with Gasteiger partial charge >= 0.3 is 0 Å². The molecule has 4 heteroatoms. The van der Waals surface area contributed by atoms with Gasteiger partial charge in [-0.1, -0.05) is 24.3 Å². The maximum absolute atomic E-state index is 12.1. The Bertz CT molecular complexity index is 577. The predicted molar refractivity (Wildman–Crippen MR) is 77.1 cm³/mol. The minimum Gasteiger partial charge on any atom is -0.349 e. The molecule has 0 spiro atoms. The van der Waals surface area contributed by atoms with Crippen molar-refractivity contribution in [3.8, 4) is 0 Å². The maximum Gasteiger partial charge on any atom is 0.222 e. The van der Waals surface area contributed by atoms with E-state index in [4.69, 9.17) is 0 Å². The van der Waals surface area contributed by atoms with Gasteiger partial charge in [-0.05, 0) is 36.5 Å². The number of carbonyl (C=O) groups is 1. The van der Waals surface area contributed by atoms with Crippen molar-refractivity contribution in [3.05, 3.63) is 53.9 Å². The molecule has 0 fully saturated rings. The average molecular weight is 269 g/mol. The van der Waals surface area contributed by atoms with Gasteiger partial charge in [0.15, 0.2) is 0 Å². The highest BCUT2D eigenvalue weighted by Gasteiger charge is 2.20. The van der Waals surface area contributed by atoms with Crippen LogP contribution in [0.15, 0.2) is 42.7 Å². The summed E-state index contributed by atoms with van der Waals surface area (Å²) < 4.78 is 1.79. The molecule has 20 heavy (non-hydrogen) atoms. The van der Waals surface area contributed by atoms with Crippen LogP contribution in [0.4, 0.5) is 0 Å². The molecule has 1 aromatic heterocycles. The lowest BCUT2D eigenvalue weighted by atomic mass is 9.88. The third-order valence-electron chi connectivity index (χ3n) is 3.83. The van der Waals surface area contributed by atoms with E-state index < -0.39 is 0 Å². The summed E-state index contributed by atoms with van der Waals surface area (Å²) in [5.74, 6) is 0.0993. The summed E-state index contributed by atoms with van der Waals surface area (Å²) in [4.78, 5) is 12.1. The number of hydrogen-bond donors (Lipinski definition) is 1. The Labute approximate surface area is 118 Å². The highest BCUT2D eigenvalue weighted by molar-refractivity contribution is 5.76. The monoisotopic (exact) mass is 269 g/mol. The third kappa shape index (κ3) is 2.90. The Morgan fingerprint density at radius 2 is 2.25 bits per heavy atom. The fourth-order valence-electron chi connectivity index (χ4n) is 2.82. The zero-order valence-electron chi connectivity index (χ0n) is 11.5. The molecule has 104 valence electrons. The number of aryl methyl sites for hydroxylation is 2. The largest absolute Gasteiger partial charge is 0.349 e. The van der Waals surface area contributed by atoms with Crippen LogP contribution in [0.2, 0.25) is 0 Å². The van der Waals surface area contributed by atoms with Gasteiger partial charge in [-0.15, -0.1) is 0 Å². The first-order valence-electron chi connectivity index (χ1n) is 7.17. The van der Waals surface area contributed by atoms with Crippen LogP contribution in [0.3, 0.4) is 0 Å². The van der Waals surface area contributed by atoms with Crippen molar-refractivity contribution in [3.63, 3.8) is 0 Å². The molecule has 0 aliphatic heterocycles. The first-order valence-corrected chi connectivity index (χ1v) is 7.17. The van der Waals surface area contributed by atoms with Crippen molar-refractivity contribution < 1.29 is 4.79 Å². The maximum atomic E-state index is 12.1. The number of aromatic nitrogens is 2. The first-order chi connectivity index (χ1) is 9.83. The normalized spacial score (nSPS) is 17.5. The van der Waals surface area contributed by atoms with Crippen LogP contribution >= 0.6 is 0 Å². The molecule has 1 unspecified atom stereocenters. The fraction of sp³-hybridized carbons (Fsp3) is 0.375. The molecule has 4 nitrogen and oxygen atoms in total. The van der Waals surface area contributed by atoms with E-state index >= 15 is 0 Å². The molecule has 1 amide bonds. The number of fused-ring (bicyclic) bond motifs is 1. The van der Waals surface area contributed by atoms with Gasteiger partial charge < -0.3 is 5.32 Å². The van der Waals surface area contributed by atoms with Gasteiger partial charge in [-0.2, -0.15) is 5.10 Å². The average Bonchev–Trinajstić information content (AvgIpc) is 2.99. The molecular formula is C16H19N3O. The molecule has 1 N–H and O–H groups in total. The predicted octanol–water partition coefficient (Wildman–Crippen LogP) is 2.47. The Kier molecular flexibility index (Phi) is 3.81. The SMILES string of the molecule is O=C(CCn1cccn1)NC1CCCc2ccccc21. The second-order valence-electron chi connectivity index (χ2n) is 5.23. The summed E-state index contributed by atoms with van der Waals surface area (Å²) >= 11 is 0. The minimum atomic E-state index is 0.0993. The van der Waals surface area contributed by atoms with E-state index in [1.165, 1.54) is 11.1 Å². The number of carbonyl (C=O) groups excluding carboxylic acids is 1. The van der Waals surface area contributed by atoms with Gasteiger partial charge in [0.25, 0.3) is 0 Å². The van der Waals surface area contributed by atoms with Gasteiger partial charge in [0.2, 0.25) is 5.91 Å². The molecule has 0 radical (unpaired) electrons. The smallest absolute Gasteiger partial charge is 0.222 e. The fourth-order valence-corrected chi connectivity index (χ4v) is 2.82. The Morgan fingerprint density at radius 1 is 1.35 bits per heavy atom. The van der Waals surface area contributed by atoms with Crippen molar-refractivity contribution in [1.82, 2.24) is 15.1 Å². The lowest BCUT2D eigenvalue weighted by Gasteiger charge is -2.26. The van der Waals surface area contributed by atoms with Crippen LogP contribution in [-0.2, 0) is 17.8 Å². The summed E-state index contributed by atoms with van der Waals surface area (Å²) in [6, 6.07) is 10.5. The summed E-state index contributed by atoms with van der Waals surface area (Å²) in [7, 11) is 0. The van der Waals surface area contributed by atoms with E-state index in [1.807, 2.05) is 18.3 Å². The van der Waals surface area contributed by atoms with Crippen LogP contribution in [0.5, 0.6) is 0 Å².